The number of phenolic OH excluding ortho intramolecular Hbond substituents is 2. The summed E-state index contributed by atoms with van der Waals surface area (Å²) in [5.41, 5.74) is 0.645. The molecule has 94 valence electrons. The van der Waals surface area contributed by atoms with Crippen molar-refractivity contribution in [2.24, 2.45) is 0 Å². The third-order valence-corrected chi connectivity index (χ3v) is 2.42. The Hall–Kier alpha value is -1.75. The average molecular weight is 238 g/mol. The highest BCUT2D eigenvalue weighted by molar-refractivity contribution is 5.77. The standard InChI is InChI=1S/C12H18N2O3/c1-3-13-12(17)7-14-8(2)10-5-4-9(15)6-11(10)16/h4-6,8,14-16H,3,7H2,1-2H3,(H,13,17). The van der Waals surface area contributed by atoms with Crippen molar-refractivity contribution in [3.63, 3.8) is 0 Å². The van der Waals surface area contributed by atoms with Crippen molar-refractivity contribution in [3.8, 4) is 11.5 Å². The first kappa shape index (κ1) is 13.3. The predicted molar refractivity (Wildman–Crippen MR) is 64.9 cm³/mol. The minimum Gasteiger partial charge on any atom is -0.508 e. The van der Waals surface area contributed by atoms with Gasteiger partial charge in [0.1, 0.15) is 11.5 Å². The smallest absolute Gasteiger partial charge is 0.233 e. The number of amides is 1. The van der Waals surface area contributed by atoms with Gasteiger partial charge in [-0.3, -0.25) is 4.79 Å². The monoisotopic (exact) mass is 238 g/mol. The van der Waals surface area contributed by atoms with Crippen LogP contribution < -0.4 is 10.6 Å². The van der Waals surface area contributed by atoms with Crippen molar-refractivity contribution in [1.82, 2.24) is 10.6 Å². The van der Waals surface area contributed by atoms with E-state index >= 15 is 0 Å². The van der Waals surface area contributed by atoms with E-state index in [1.54, 1.807) is 6.07 Å². The van der Waals surface area contributed by atoms with Gasteiger partial charge in [0.2, 0.25) is 5.91 Å². The minimum atomic E-state index is -0.168. The Morgan fingerprint density at radius 1 is 1.41 bits per heavy atom. The fourth-order valence-electron chi connectivity index (χ4n) is 1.51. The molecule has 5 nitrogen and oxygen atoms in total. The summed E-state index contributed by atoms with van der Waals surface area (Å²) in [6, 6.07) is 4.23. The number of rotatable bonds is 5. The second-order valence-corrected chi connectivity index (χ2v) is 3.80. The lowest BCUT2D eigenvalue weighted by atomic mass is 10.1. The molecule has 0 aliphatic heterocycles. The van der Waals surface area contributed by atoms with E-state index in [1.165, 1.54) is 12.1 Å². The van der Waals surface area contributed by atoms with Gasteiger partial charge in [-0.25, -0.2) is 0 Å². The number of likely N-dealkylation sites (N-methyl/N-ethyl adjacent to an activating group) is 1. The van der Waals surface area contributed by atoms with Crippen molar-refractivity contribution in [1.29, 1.82) is 0 Å². The molecule has 0 bridgehead atoms. The summed E-state index contributed by atoms with van der Waals surface area (Å²) in [6.45, 7) is 4.48. The summed E-state index contributed by atoms with van der Waals surface area (Å²) in [5, 5.41) is 24.5. The molecule has 1 aromatic rings. The lowest BCUT2D eigenvalue weighted by Gasteiger charge is -2.15. The Morgan fingerprint density at radius 2 is 2.12 bits per heavy atom. The number of benzene rings is 1. The van der Waals surface area contributed by atoms with Gasteiger partial charge in [0.15, 0.2) is 0 Å². The van der Waals surface area contributed by atoms with Crippen LogP contribution >= 0.6 is 0 Å². The van der Waals surface area contributed by atoms with Gasteiger partial charge in [0.25, 0.3) is 0 Å². The van der Waals surface area contributed by atoms with Crippen molar-refractivity contribution in [3.05, 3.63) is 23.8 Å². The second-order valence-electron chi connectivity index (χ2n) is 3.80. The Balaban J connectivity index is 2.57. The molecule has 1 atom stereocenters. The zero-order valence-corrected chi connectivity index (χ0v) is 10.0. The second kappa shape index (κ2) is 6.10. The van der Waals surface area contributed by atoms with Crippen LogP contribution in [0.25, 0.3) is 0 Å². The van der Waals surface area contributed by atoms with E-state index < -0.39 is 0 Å². The molecule has 0 saturated heterocycles. The molecule has 0 heterocycles. The third-order valence-electron chi connectivity index (χ3n) is 2.42. The Labute approximate surface area is 100 Å². The summed E-state index contributed by atoms with van der Waals surface area (Å²) in [5.74, 6) is -0.0549. The number of hydrogen-bond donors (Lipinski definition) is 4. The molecule has 1 rings (SSSR count). The van der Waals surface area contributed by atoms with Crippen LogP contribution in [0.4, 0.5) is 0 Å². The molecular formula is C12H18N2O3. The Morgan fingerprint density at radius 3 is 2.71 bits per heavy atom. The van der Waals surface area contributed by atoms with E-state index in [9.17, 15) is 9.90 Å². The summed E-state index contributed by atoms with van der Waals surface area (Å²) >= 11 is 0. The maximum atomic E-state index is 11.2. The maximum absolute atomic E-state index is 11.2. The molecule has 0 fully saturated rings. The fourth-order valence-corrected chi connectivity index (χ4v) is 1.51. The van der Waals surface area contributed by atoms with Crippen molar-refractivity contribution in [2.75, 3.05) is 13.1 Å². The molecule has 4 N–H and O–H groups in total. The zero-order chi connectivity index (χ0) is 12.8. The molecule has 1 amide bonds. The average Bonchev–Trinajstić information content (AvgIpc) is 2.26. The van der Waals surface area contributed by atoms with Gasteiger partial charge in [-0.1, -0.05) is 6.07 Å². The minimum absolute atomic E-state index is 0.0147. The van der Waals surface area contributed by atoms with E-state index in [0.29, 0.717) is 12.1 Å². The van der Waals surface area contributed by atoms with Crippen LogP contribution in [0.2, 0.25) is 0 Å². The number of aromatic hydroxyl groups is 2. The van der Waals surface area contributed by atoms with Gasteiger partial charge in [-0.05, 0) is 19.9 Å². The number of hydrogen-bond acceptors (Lipinski definition) is 4. The first-order chi connectivity index (χ1) is 8.04. The molecule has 0 spiro atoms. The van der Waals surface area contributed by atoms with E-state index in [4.69, 9.17) is 5.11 Å². The molecule has 17 heavy (non-hydrogen) atoms. The lowest BCUT2D eigenvalue weighted by Crippen LogP contribution is -2.34. The van der Waals surface area contributed by atoms with Gasteiger partial charge in [-0.2, -0.15) is 0 Å². The lowest BCUT2D eigenvalue weighted by molar-refractivity contribution is -0.120. The number of carbonyl (C=O) groups is 1. The Bertz CT molecular complexity index is 393. The first-order valence-corrected chi connectivity index (χ1v) is 5.56. The Kier molecular flexibility index (Phi) is 4.78. The third kappa shape index (κ3) is 3.96. The van der Waals surface area contributed by atoms with Crippen LogP contribution in [0.15, 0.2) is 18.2 Å². The largest absolute Gasteiger partial charge is 0.508 e. The summed E-state index contributed by atoms with van der Waals surface area (Å²) in [6.07, 6.45) is 0. The van der Waals surface area contributed by atoms with Crippen molar-refractivity contribution in [2.45, 2.75) is 19.9 Å². The van der Waals surface area contributed by atoms with Gasteiger partial charge in [0, 0.05) is 24.2 Å². The number of carbonyl (C=O) groups excluding carboxylic acids is 1. The maximum Gasteiger partial charge on any atom is 0.233 e. The van der Waals surface area contributed by atoms with Crippen LogP contribution in [-0.4, -0.2) is 29.2 Å². The molecule has 1 aromatic carbocycles. The van der Waals surface area contributed by atoms with Crippen LogP contribution in [-0.2, 0) is 4.79 Å². The molecule has 1 unspecified atom stereocenters. The molecule has 5 heteroatoms. The molecule has 0 aromatic heterocycles. The SMILES string of the molecule is CCNC(=O)CNC(C)c1ccc(O)cc1O. The molecule has 0 aliphatic carbocycles. The molecule has 0 radical (unpaired) electrons. The molecular weight excluding hydrogens is 220 g/mol. The number of phenols is 2. The molecule has 0 saturated carbocycles. The highest BCUT2D eigenvalue weighted by Crippen LogP contribution is 2.27. The van der Waals surface area contributed by atoms with Gasteiger partial charge in [0.05, 0.1) is 6.54 Å². The van der Waals surface area contributed by atoms with Crippen molar-refractivity contribution < 1.29 is 15.0 Å². The topological polar surface area (TPSA) is 81.6 Å². The highest BCUT2D eigenvalue weighted by Gasteiger charge is 2.11. The van der Waals surface area contributed by atoms with E-state index in [0.717, 1.165) is 0 Å². The fraction of sp³-hybridized carbons (Fsp3) is 0.417. The normalized spacial score (nSPS) is 12.1. The van der Waals surface area contributed by atoms with Crippen LogP contribution in [0.3, 0.4) is 0 Å². The van der Waals surface area contributed by atoms with Gasteiger partial charge in [-0.15, -0.1) is 0 Å². The summed E-state index contributed by atoms with van der Waals surface area (Å²) < 4.78 is 0. The number of nitrogens with one attached hydrogen (secondary N) is 2. The van der Waals surface area contributed by atoms with E-state index in [-0.39, 0.29) is 30.0 Å². The van der Waals surface area contributed by atoms with Crippen molar-refractivity contribution >= 4 is 5.91 Å². The molecule has 0 aliphatic rings. The van der Waals surface area contributed by atoms with E-state index in [1.807, 2.05) is 13.8 Å². The first-order valence-electron chi connectivity index (χ1n) is 5.56. The van der Waals surface area contributed by atoms with Crippen LogP contribution in [0.5, 0.6) is 11.5 Å². The van der Waals surface area contributed by atoms with Crippen LogP contribution in [0, 0.1) is 0 Å². The predicted octanol–water partition coefficient (Wildman–Crippen LogP) is 0.884. The zero-order valence-electron chi connectivity index (χ0n) is 10.0. The highest BCUT2D eigenvalue weighted by atomic mass is 16.3. The van der Waals surface area contributed by atoms with Gasteiger partial charge < -0.3 is 20.8 Å². The van der Waals surface area contributed by atoms with E-state index in [2.05, 4.69) is 10.6 Å². The van der Waals surface area contributed by atoms with Crippen LogP contribution in [0.1, 0.15) is 25.5 Å². The van der Waals surface area contributed by atoms with Gasteiger partial charge >= 0.3 is 0 Å². The summed E-state index contributed by atoms with van der Waals surface area (Å²) in [4.78, 5) is 11.2. The quantitative estimate of drug-likeness (QED) is 0.614. The summed E-state index contributed by atoms with van der Waals surface area (Å²) in [7, 11) is 0.